The molecule has 0 atom stereocenters. The molecule has 0 spiro atoms. The van der Waals surface area contributed by atoms with Gasteiger partial charge in [0.2, 0.25) is 0 Å². The van der Waals surface area contributed by atoms with Crippen molar-refractivity contribution >= 4 is 29.9 Å². The molecule has 3 aromatic carbocycles. The van der Waals surface area contributed by atoms with E-state index in [2.05, 4.69) is 105 Å². The van der Waals surface area contributed by atoms with Crippen LogP contribution in [0.4, 0.5) is 22.7 Å². The smallest absolute Gasteiger partial charge is 0.320 e. The molecule has 1 aromatic heterocycles. The van der Waals surface area contributed by atoms with Crippen LogP contribution in [-0.2, 0) is 6.54 Å². The zero-order valence-corrected chi connectivity index (χ0v) is 15.6. The molecule has 3 aliphatic heterocycles. The quantitative estimate of drug-likeness (QED) is 0.415. The fourth-order valence-corrected chi connectivity index (χ4v) is 5.23. The summed E-state index contributed by atoms with van der Waals surface area (Å²) in [5.41, 5.74) is 9.18. The van der Waals surface area contributed by atoms with E-state index in [9.17, 15) is 0 Å². The first kappa shape index (κ1) is 14.6. The third-order valence-electron chi connectivity index (χ3n) is 6.24. The van der Waals surface area contributed by atoms with Crippen LogP contribution in [0.2, 0.25) is 0 Å². The van der Waals surface area contributed by atoms with Crippen molar-refractivity contribution in [1.29, 1.82) is 0 Å². The van der Waals surface area contributed by atoms with Crippen LogP contribution >= 0.6 is 0 Å². The average molecular weight is 361 g/mol. The predicted molar refractivity (Wildman–Crippen MR) is 112 cm³/mol. The minimum atomic E-state index is 0.0660. The molecular formula is C23H18BN4+. The summed E-state index contributed by atoms with van der Waals surface area (Å²) in [6.07, 6.45) is 4.46. The highest BCUT2D eigenvalue weighted by molar-refractivity contribution is 6.66. The third-order valence-corrected chi connectivity index (χ3v) is 6.24. The van der Waals surface area contributed by atoms with Crippen molar-refractivity contribution in [3.05, 3.63) is 90.3 Å². The Morgan fingerprint density at radius 3 is 2.43 bits per heavy atom. The lowest BCUT2D eigenvalue weighted by Gasteiger charge is -2.30. The maximum absolute atomic E-state index is 2.51. The first-order valence-corrected chi connectivity index (χ1v) is 9.78. The summed E-state index contributed by atoms with van der Waals surface area (Å²) in [5, 5.41) is 0. The van der Waals surface area contributed by atoms with Crippen molar-refractivity contribution < 1.29 is 4.48 Å². The van der Waals surface area contributed by atoms with Crippen molar-refractivity contribution in [3.63, 3.8) is 0 Å². The molecule has 0 N–H and O–H groups in total. The number of hydrogen-bond donors (Lipinski definition) is 0. The fourth-order valence-electron chi connectivity index (χ4n) is 5.23. The van der Waals surface area contributed by atoms with Crippen LogP contribution in [0.3, 0.4) is 0 Å². The molecule has 0 unspecified atom stereocenters. The lowest BCUT2D eigenvalue weighted by atomic mass is 9.82. The number of benzene rings is 3. The molecule has 3 aliphatic rings. The highest BCUT2D eigenvalue weighted by Gasteiger charge is 2.56. The van der Waals surface area contributed by atoms with Crippen LogP contribution in [0.15, 0.2) is 79.1 Å². The minimum absolute atomic E-state index is 0.0660. The van der Waals surface area contributed by atoms with Gasteiger partial charge in [0, 0.05) is 11.3 Å². The molecule has 0 saturated heterocycles. The summed E-state index contributed by atoms with van der Waals surface area (Å²) in [7, 11) is 0.0660. The molecule has 4 nitrogen and oxygen atoms in total. The summed E-state index contributed by atoms with van der Waals surface area (Å²) in [5.74, 6) is 1.32. The molecule has 28 heavy (non-hydrogen) atoms. The first-order valence-electron chi connectivity index (χ1n) is 9.78. The normalized spacial score (nSPS) is 15.0. The van der Waals surface area contributed by atoms with Crippen molar-refractivity contribution in [3.8, 4) is 11.4 Å². The Balaban J connectivity index is 1.59. The van der Waals surface area contributed by atoms with Crippen molar-refractivity contribution in [2.75, 3.05) is 9.62 Å². The zero-order chi connectivity index (χ0) is 18.4. The van der Waals surface area contributed by atoms with Gasteiger partial charge in [0.25, 0.3) is 5.82 Å². The van der Waals surface area contributed by atoms with Gasteiger partial charge in [-0.3, -0.25) is 4.48 Å². The Morgan fingerprint density at radius 2 is 1.61 bits per heavy atom. The van der Waals surface area contributed by atoms with E-state index in [1.54, 1.807) is 0 Å². The van der Waals surface area contributed by atoms with Gasteiger partial charge in [0.05, 0.1) is 22.6 Å². The number of rotatable bonds is 1. The Labute approximate surface area is 164 Å². The van der Waals surface area contributed by atoms with Gasteiger partial charge in [-0.25, -0.2) is 4.57 Å². The highest BCUT2D eigenvalue weighted by Crippen LogP contribution is 2.51. The van der Waals surface area contributed by atoms with Gasteiger partial charge < -0.3 is 9.62 Å². The molecule has 0 amide bonds. The number of aryl methyl sites for hydroxylation is 1. The van der Waals surface area contributed by atoms with Gasteiger partial charge in [-0.05, 0) is 42.8 Å². The van der Waals surface area contributed by atoms with E-state index in [1.807, 2.05) is 0 Å². The van der Waals surface area contributed by atoms with Crippen LogP contribution in [0.1, 0.15) is 11.1 Å². The summed E-state index contributed by atoms with van der Waals surface area (Å²) >= 11 is 0. The number of aromatic nitrogens is 2. The van der Waals surface area contributed by atoms with E-state index in [-0.39, 0.29) is 7.12 Å². The van der Waals surface area contributed by atoms with Gasteiger partial charge in [-0.15, -0.1) is 0 Å². The third kappa shape index (κ3) is 1.61. The minimum Gasteiger partial charge on any atom is -0.320 e. The maximum Gasteiger partial charge on any atom is 0.643 e. The summed E-state index contributed by atoms with van der Waals surface area (Å²) in [4.78, 5) is 4.97. The number of para-hydroxylation sites is 3. The van der Waals surface area contributed by atoms with E-state index in [1.165, 1.54) is 45.3 Å². The Bertz CT molecular complexity index is 1280. The van der Waals surface area contributed by atoms with Crippen LogP contribution in [-0.4, -0.2) is 11.7 Å². The van der Waals surface area contributed by atoms with Crippen LogP contribution in [0.25, 0.3) is 11.4 Å². The second-order valence-corrected chi connectivity index (χ2v) is 7.89. The molecule has 132 valence electrons. The Morgan fingerprint density at radius 1 is 0.857 bits per heavy atom. The predicted octanol–water partition coefficient (Wildman–Crippen LogP) is 4.25. The zero-order valence-electron chi connectivity index (χ0n) is 15.6. The van der Waals surface area contributed by atoms with E-state index in [4.69, 9.17) is 0 Å². The van der Waals surface area contributed by atoms with Gasteiger partial charge in [0.1, 0.15) is 18.9 Å². The number of imidazole rings is 1. The van der Waals surface area contributed by atoms with Gasteiger partial charge in [-0.2, -0.15) is 0 Å². The van der Waals surface area contributed by atoms with Crippen LogP contribution in [0, 0.1) is 6.92 Å². The fraction of sp³-hybridized carbons (Fsp3) is 0.0870. The highest BCUT2D eigenvalue weighted by atomic mass is 15.4. The second-order valence-electron chi connectivity index (χ2n) is 7.89. The molecule has 4 heterocycles. The molecule has 4 aromatic rings. The van der Waals surface area contributed by atoms with Crippen molar-refractivity contribution in [2.24, 2.45) is 0 Å². The molecule has 0 radical (unpaired) electrons. The lowest BCUT2D eigenvalue weighted by Crippen LogP contribution is -2.68. The molecule has 0 bridgehead atoms. The molecule has 0 saturated carbocycles. The lowest BCUT2D eigenvalue weighted by molar-refractivity contribution is -0.526. The number of anilines is 4. The molecule has 0 aliphatic carbocycles. The summed E-state index contributed by atoms with van der Waals surface area (Å²) < 4.78 is 4.82. The number of fused-ring (bicyclic) bond motifs is 5. The van der Waals surface area contributed by atoms with E-state index in [0.717, 1.165) is 6.54 Å². The summed E-state index contributed by atoms with van der Waals surface area (Å²) in [6, 6.07) is 24.2. The van der Waals surface area contributed by atoms with E-state index < -0.39 is 0 Å². The van der Waals surface area contributed by atoms with Gasteiger partial charge >= 0.3 is 7.12 Å². The summed E-state index contributed by atoms with van der Waals surface area (Å²) in [6.45, 7) is 3.17. The van der Waals surface area contributed by atoms with Crippen LogP contribution in [0.5, 0.6) is 0 Å². The molecule has 0 fully saturated rings. The number of nitrogens with zero attached hydrogens (tertiary/aromatic N) is 4. The van der Waals surface area contributed by atoms with Gasteiger partial charge in [-0.1, -0.05) is 36.4 Å². The second kappa shape index (κ2) is 4.87. The average Bonchev–Trinajstić information content (AvgIpc) is 3.38. The Hall–Kier alpha value is -3.47. The largest absolute Gasteiger partial charge is 0.643 e. The SMILES string of the molecule is Cc1cc2c3c(c1)N1B(N(c4ccccc4)c4ccccc41)[n+]1ccn(c1-3)C2. The standard InChI is InChI=1S/C23H18BN4/c1-16-13-17-15-25-11-12-26-23(25)22(17)21(14-16)28-20-10-6-5-9-19(20)27(24(26)28)18-7-3-2-4-8-18/h2-14H,15H2,1H3/q+1. The topological polar surface area (TPSA) is 15.3 Å². The molecular weight excluding hydrogens is 343 g/mol. The van der Waals surface area contributed by atoms with Crippen LogP contribution < -0.4 is 14.1 Å². The monoisotopic (exact) mass is 361 g/mol. The van der Waals surface area contributed by atoms with E-state index in [0.29, 0.717) is 0 Å². The molecule has 7 rings (SSSR count). The van der Waals surface area contributed by atoms with E-state index >= 15 is 0 Å². The first-order chi connectivity index (χ1) is 13.8. The maximum atomic E-state index is 2.51. The van der Waals surface area contributed by atoms with Crippen molar-refractivity contribution in [2.45, 2.75) is 13.5 Å². The molecule has 5 heteroatoms. The van der Waals surface area contributed by atoms with Gasteiger partial charge in [0.15, 0.2) is 0 Å². The Kier molecular flexibility index (Phi) is 2.54. The van der Waals surface area contributed by atoms with Crippen molar-refractivity contribution in [1.82, 2.24) is 4.57 Å². The number of hydrogen-bond acceptors (Lipinski definition) is 2.